The second-order valence-corrected chi connectivity index (χ2v) is 7.87. The summed E-state index contributed by atoms with van der Waals surface area (Å²) in [6.45, 7) is 5.96. The molecule has 0 N–H and O–H groups in total. The molecule has 0 aliphatic carbocycles. The van der Waals surface area contributed by atoms with Crippen LogP contribution in [0, 0.1) is 6.92 Å². The molecule has 1 aromatic heterocycles. The molecule has 0 saturated heterocycles. The molecule has 0 bridgehead atoms. The first-order chi connectivity index (χ1) is 14.5. The second kappa shape index (κ2) is 9.67. The predicted octanol–water partition coefficient (Wildman–Crippen LogP) is 4.30. The van der Waals surface area contributed by atoms with Crippen molar-refractivity contribution in [1.82, 2.24) is 14.8 Å². The van der Waals surface area contributed by atoms with Crippen LogP contribution in [0.1, 0.15) is 19.4 Å². The number of nitrogens with zero attached hydrogens (tertiary/aromatic N) is 3. The fourth-order valence-corrected chi connectivity index (χ4v) is 3.77. The van der Waals surface area contributed by atoms with E-state index in [1.165, 1.54) is 11.8 Å². The Hall–Kier alpha value is -3.00. The summed E-state index contributed by atoms with van der Waals surface area (Å²) in [5.41, 5.74) is 2.86. The minimum Gasteiger partial charge on any atom is -0.493 e. The quantitative estimate of drug-likeness (QED) is 0.392. The van der Waals surface area contributed by atoms with Gasteiger partial charge in [-0.2, -0.15) is 0 Å². The van der Waals surface area contributed by atoms with Crippen LogP contribution < -0.4 is 9.47 Å². The van der Waals surface area contributed by atoms with Gasteiger partial charge in [-0.1, -0.05) is 29.5 Å². The van der Waals surface area contributed by atoms with E-state index in [0.717, 1.165) is 16.8 Å². The van der Waals surface area contributed by atoms with Crippen molar-refractivity contribution in [3.05, 3.63) is 48.0 Å². The number of hydrogen-bond acceptors (Lipinski definition) is 7. The van der Waals surface area contributed by atoms with Crippen LogP contribution in [0.5, 0.6) is 11.5 Å². The van der Waals surface area contributed by atoms with Gasteiger partial charge in [0.15, 0.2) is 22.5 Å². The van der Waals surface area contributed by atoms with E-state index in [9.17, 15) is 4.79 Å². The van der Waals surface area contributed by atoms with Gasteiger partial charge in [0, 0.05) is 11.3 Å². The average Bonchev–Trinajstić information content (AvgIpc) is 3.17. The number of aryl methyl sites for hydroxylation is 1. The summed E-state index contributed by atoms with van der Waals surface area (Å²) in [7, 11) is 3.19. The van der Waals surface area contributed by atoms with Crippen molar-refractivity contribution < 1.29 is 19.0 Å². The molecule has 1 heterocycles. The number of carbonyl (C=O) groups is 1. The molecule has 0 saturated carbocycles. The highest BCUT2D eigenvalue weighted by Crippen LogP contribution is 2.35. The van der Waals surface area contributed by atoms with Crippen LogP contribution in [0.15, 0.2) is 47.6 Å². The maximum absolute atomic E-state index is 12.1. The topological polar surface area (TPSA) is 75.5 Å². The molecule has 0 aliphatic heterocycles. The molecule has 0 fully saturated rings. The number of rotatable bonds is 8. The van der Waals surface area contributed by atoms with E-state index >= 15 is 0 Å². The number of thioether (sulfide) groups is 1. The normalized spacial score (nSPS) is 11.8. The van der Waals surface area contributed by atoms with Crippen molar-refractivity contribution in [3.8, 4) is 28.6 Å². The monoisotopic (exact) mass is 427 g/mol. The Balaban J connectivity index is 2.09. The van der Waals surface area contributed by atoms with Crippen molar-refractivity contribution in [2.75, 3.05) is 20.8 Å². The summed E-state index contributed by atoms with van der Waals surface area (Å²) in [5.74, 6) is 1.59. The summed E-state index contributed by atoms with van der Waals surface area (Å²) in [4.78, 5) is 12.1. The Morgan fingerprint density at radius 3 is 2.40 bits per heavy atom. The number of carbonyl (C=O) groups excluding carboxylic acids is 1. The van der Waals surface area contributed by atoms with Crippen LogP contribution in [-0.4, -0.2) is 46.8 Å². The zero-order valence-electron chi connectivity index (χ0n) is 17.7. The lowest BCUT2D eigenvalue weighted by atomic mass is 10.1. The molecule has 0 spiro atoms. The molecule has 0 unspecified atom stereocenters. The summed E-state index contributed by atoms with van der Waals surface area (Å²) in [6.07, 6.45) is 0. The van der Waals surface area contributed by atoms with Gasteiger partial charge >= 0.3 is 5.97 Å². The Kier molecular flexibility index (Phi) is 6.99. The van der Waals surface area contributed by atoms with Crippen LogP contribution in [0.3, 0.4) is 0 Å². The van der Waals surface area contributed by atoms with Gasteiger partial charge < -0.3 is 14.2 Å². The molecule has 3 rings (SSSR count). The number of esters is 1. The minimum atomic E-state index is -0.420. The average molecular weight is 428 g/mol. The molecule has 7 nitrogen and oxygen atoms in total. The highest BCUT2D eigenvalue weighted by molar-refractivity contribution is 8.00. The van der Waals surface area contributed by atoms with Gasteiger partial charge in [-0.05, 0) is 51.1 Å². The minimum absolute atomic E-state index is 0.284. The van der Waals surface area contributed by atoms with Gasteiger partial charge in [0.25, 0.3) is 0 Å². The summed E-state index contributed by atoms with van der Waals surface area (Å²) in [5, 5.41) is 8.97. The lowest BCUT2D eigenvalue weighted by Gasteiger charge is -2.14. The van der Waals surface area contributed by atoms with E-state index < -0.39 is 5.25 Å². The maximum Gasteiger partial charge on any atom is 0.319 e. The smallest absolute Gasteiger partial charge is 0.319 e. The van der Waals surface area contributed by atoms with Crippen LogP contribution in [0.4, 0.5) is 0 Å². The maximum atomic E-state index is 12.1. The lowest BCUT2D eigenvalue weighted by Crippen LogP contribution is -2.17. The van der Waals surface area contributed by atoms with Crippen LogP contribution >= 0.6 is 11.8 Å². The number of methoxy groups -OCH3 is 2. The van der Waals surface area contributed by atoms with Crippen molar-refractivity contribution in [3.63, 3.8) is 0 Å². The molecule has 158 valence electrons. The Morgan fingerprint density at radius 2 is 1.77 bits per heavy atom. The zero-order valence-corrected chi connectivity index (χ0v) is 18.5. The predicted molar refractivity (Wildman–Crippen MR) is 117 cm³/mol. The third-order valence-corrected chi connectivity index (χ3v) is 5.49. The zero-order chi connectivity index (χ0) is 21.7. The Bertz CT molecular complexity index is 1020. The van der Waals surface area contributed by atoms with Crippen LogP contribution in [0.25, 0.3) is 17.1 Å². The van der Waals surface area contributed by atoms with Crippen molar-refractivity contribution in [1.29, 1.82) is 0 Å². The summed E-state index contributed by atoms with van der Waals surface area (Å²) < 4.78 is 17.8. The van der Waals surface area contributed by atoms with E-state index in [1.807, 2.05) is 54.0 Å². The van der Waals surface area contributed by atoms with Gasteiger partial charge in [0.05, 0.1) is 20.8 Å². The van der Waals surface area contributed by atoms with Crippen molar-refractivity contribution in [2.24, 2.45) is 0 Å². The molecule has 0 aliphatic rings. The fraction of sp³-hybridized carbons (Fsp3) is 0.318. The molecule has 2 aromatic carbocycles. The first kappa shape index (κ1) is 21.7. The van der Waals surface area contributed by atoms with E-state index in [4.69, 9.17) is 14.2 Å². The molecule has 3 aromatic rings. The van der Waals surface area contributed by atoms with Crippen molar-refractivity contribution in [2.45, 2.75) is 31.2 Å². The van der Waals surface area contributed by atoms with E-state index in [1.54, 1.807) is 28.1 Å². The first-order valence-corrected chi connectivity index (χ1v) is 10.4. The number of benzene rings is 2. The highest BCUT2D eigenvalue weighted by Gasteiger charge is 2.23. The Morgan fingerprint density at radius 1 is 1.07 bits per heavy atom. The highest BCUT2D eigenvalue weighted by atomic mass is 32.2. The van der Waals surface area contributed by atoms with Gasteiger partial charge in [-0.3, -0.25) is 9.36 Å². The van der Waals surface area contributed by atoms with Crippen molar-refractivity contribution >= 4 is 17.7 Å². The van der Waals surface area contributed by atoms with Crippen LogP contribution in [-0.2, 0) is 9.53 Å². The van der Waals surface area contributed by atoms with Gasteiger partial charge in [-0.25, -0.2) is 0 Å². The molecule has 1 atom stereocenters. The molecule has 0 radical (unpaired) electrons. The van der Waals surface area contributed by atoms with E-state index in [-0.39, 0.29) is 5.97 Å². The molecule has 30 heavy (non-hydrogen) atoms. The molecular weight excluding hydrogens is 402 g/mol. The van der Waals surface area contributed by atoms with Gasteiger partial charge in [0.1, 0.15) is 5.25 Å². The molecular formula is C22H25N3O4S. The van der Waals surface area contributed by atoms with Gasteiger partial charge in [-0.15, -0.1) is 10.2 Å². The van der Waals surface area contributed by atoms with E-state index in [2.05, 4.69) is 10.2 Å². The number of hydrogen-bond donors (Lipinski definition) is 0. The molecule has 8 heteroatoms. The summed E-state index contributed by atoms with van der Waals surface area (Å²) in [6, 6.07) is 13.6. The first-order valence-electron chi connectivity index (χ1n) is 9.56. The standard InChI is InChI=1S/C22H25N3O4S/c1-6-29-21(26)15(3)30-22-24-23-20(25(22)17-10-7-14(2)8-11-17)16-9-12-18(27-4)19(13-16)28-5/h7-13,15H,6H2,1-5H3/t15-/m1/s1. The lowest BCUT2D eigenvalue weighted by molar-refractivity contribution is -0.142. The summed E-state index contributed by atoms with van der Waals surface area (Å²) >= 11 is 1.31. The number of ether oxygens (including phenoxy) is 3. The van der Waals surface area contributed by atoms with E-state index in [0.29, 0.717) is 29.1 Å². The SMILES string of the molecule is CCOC(=O)[C@@H](C)Sc1nnc(-c2ccc(OC)c(OC)c2)n1-c1ccc(C)cc1. The third kappa shape index (κ3) is 4.59. The third-order valence-electron chi connectivity index (χ3n) is 4.47. The largest absolute Gasteiger partial charge is 0.493 e. The second-order valence-electron chi connectivity index (χ2n) is 6.56. The Labute approximate surface area is 180 Å². The molecule has 0 amide bonds. The van der Waals surface area contributed by atoms with Gasteiger partial charge in [0.2, 0.25) is 0 Å². The van der Waals surface area contributed by atoms with Crippen LogP contribution in [0.2, 0.25) is 0 Å². The fourth-order valence-electron chi connectivity index (χ4n) is 2.90. The number of aromatic nitrogens is 3.